The van der Waals surface area contributed by atoms with Crippen LogP contribution in [0.3, 0.4) is 0 Å². The molecule has 0 amide bonds. The van der Waals surface area contributed by atoms with Gasteiger partial charge in [-0.25, -0.2) is 9.97 Å². The fourth-order valence-corrected chi connectivity index (χ4v) is 3.15. The standard InChI is InChI=1S/C18H28N6O/c1-4-25-11-17-21-16-6-8-19-7-5-15(16)18(22-17)20-12(2)9-14-10-13(3)23-24-14/h10,12,19H,4-9,11H2,1-3H3,(H,23,24)(H,20,21,22). The van der Waals surface area contributed by atoms with Crippen molar-refractivity contribution in [2.45, 2.75) is 52.7 Å². The van der Waals surface area contributed by atoms with Gasteiger partial charge in [0.05, 0.1) is 11.4 Å². The molecular formula is C18H28N6O. The molecule has 2 aromatic rings. The van der Waals surface area contributed by atoms with Crippen molar-refractivity contribution in [2.75, 3.05) is 25.0 Å². The van der Waals surface area contributed by atoms with E-state index in [9.17, 15) is 0 Å². The quantitative estimate of drug-likeness (QED) is 0.710. The smallest absolute Gasteiger partial charge is 0.156 e. The van der Waals surface area contributed by atoms with Crippen molar-refractivity contribution in [1.29, 1.82) is 0 Å². The third-order valence-electron chi connectivity index (χ3n) is 4.32. The second kappa shape index (κ2) is 8.40. The van der Waals surface area contributed by atoms with E-state index in [1.807, 2.05) is 13.8 Å². The van der Waals surface area contributed by atoms with Crippen LogP contribution >= 0.6 is 0 Å². The zero-order valence-electron chi connectivity index (χ0n) is 15.4. The lowest BCUT2D eigenvalue weighted by molar-refractivity contribution is 0.128. The van der Waals surface area contributed by atoms with E-state index in [4.69, 9.17) is 14.7 Å². The molecule has 7 heteroatoms. The summed E-state index contributed by atoms with van der Waals surface area (Å²) >= 11 is 0. The van der Waals surface area contributed by atoms with E-state index < -0.39 is 0 Å². The molecule has 7 nitrogen and oxygen atoms in total. The summed E-state index contributed by atoms with van der Waals surface area (Å²) in [5.41, 5.74) is 4.52. The van der Waals surface area contributed by atoms with Gasteiger partial charge < -0.3 is 15.4 Å². The first kappa shape index (κ1) is 17.8. The lowest BCUT2D eigenvalue weighted by Gasteiger charge is -2.18. The van der Waals surface area contributed by atoms with Gasteiger partial charge in [0, 0.05) is 43.3 Å². The van der Waals surface area contributed by atoms with Crippen molar-refractivity contribution >= 4 is 5.82 Å². The van der Waals surface area contributed by atoms with Gasteiger partial charge in [-0.3, -0.25) is 5.10 Å². The van der Waals surface area contributed by atoms with E-state index in [2.05, 4.69) is 33.8 Å². The molecule has 0 spiro atoms. The van der Waals surface area contributed by atoms with Gasteiger partial charge in [-0.05, 0) is 39.8 Å². The fraction of sp³-hybridized carbons (Fsp3) is 0.611. The molecule has 0 radical (unpaired) electrons. The highest BCUT2D eigenvalue weighted by atomic mass is 16.5. The highest BCUT2D eigenvalue weighted by Gasteiger charge is 2.18. The molecule has 2 aromatic heterocycles. The maximum absolute atomic E-state index is 5.52. The molecular weight excluding hydrogens is 316 g/mol. The van der Waals surface area contributed by atoms with Crippen molar-refractivity contribution in [2.24, 2.45) is 0 Å². The highest BCUT2D eigenvalue weighted by Crippen LogP contribution is 2.21. The SMILES string of the molecule is CCOCc1nc2c(c(NC(C)Cc3cc(C)[nH]n3)n1)CCNCC2. The minimum atomic E-state index is 0.234. The van der Waals surface area contributed by atoms with Crippen molar-refractivity contribution in [3.05, 3.63) is 34.5 Å². The number of H-pyrrole nitrogens is 1. The number of hydrogen-bond donors (Lipinski definition) is 3. The molecule has 136 valence electrons. The molecule has 1 atom stereocenters. The van der Waals surface area contributed by atoms with E-state index in [1.165, 1.54) is 5.56 Å². The summed E-state index contributed by atoms with van der Waals surface area (Å²) in [5.74, 6) is 1.70. The van der Waals surface area contributed by atoms with E-state index in [0.717, 1.165) is 61.1 Å². The Bertz CT molecular complexity index is 699. The van der Waals surface area contributed by atoms with Crippen LogP contribution in [0.2, 0.25) is 0 Å². The molecule has 3 N–H and O–H groups in total. The Labute approximate surface area is 149 Å². The summed E-state index contributed by atoms with van der Waals surface area (Å²) in [5, 5.41) is 14.4. The van der Waals surface area contributed by atoms with Crippen molar-refractivity contribution < 1.29 is 4.74 Å². The average Bonchev–Trinajstić information content (AvgIpc) is 2.84. The van der Waals surface area contributed by atoms with Crippen LogP contribution in [0.15, 0.2) is 6.07 Å². The first-order valence-corrected chi connectivity index (χ1v) is 9.10. The molecule has 1 aliphatic heterocycles. The number of hydrogen-bond acceptors (Lipinski definition) is 6. The van der Waals surface area contributed by atoms with Crippen LogP contribution in [0.5, 0.6) is 0 Å². The van der Waals surface area contributed by atoms with Crippen LogP contribution in [0.4, 0.5) is 5.82 Å². The Hall–Kier alpha value is -1.99. The summed E-state index contributed by atoms with van der Waals surface area (Å²) in [7, 11) is 0. The van der Waals surface area contributed by atoms with Gasteiger partial charge in [0.2, 0.25) is 0 Å². The van der Waals surface area contributed by atoms with Crippen LogP contribution in [0, 0.1) is 6.92 Å². The van der Waals surface area contributed by atoms with Crippen molar-refractivity contribution in [1.82, 2.24) is 25.5 Å². The Morgan fingerprint density at radius 3 is 2.88 bits per heavy atom. The van der Waals surface area contributed by atoms with Crippen molar-refractivity contribution in [3.8, 4) is 0 Å². The second-order valence-corrected chi connectivity index (χ2v) is 6.59. The molecule has 3 rings (SSSR count). The fourth-order valence-electron chi connectivity index (χ4n) is 3.15. The molecule has 3 heterocycles. The van der Waals surface area contributed by atoms with Gasteiger partial charge in [-0.2, -0.15) is 5.10 Å². The maximum atomic E-state index is 5.52. The zero-order chi connectivity index (χ0) is 17.6. The van der Waals surface area contributed by atoms with E-state index >= 15 is 0 Å². The highest BCUT2D eigenvalue weighted by molar-refractivity contribution is 5.48. The summed E-state index contributed by atoms with van der Waals surface area (Å²) in [6.07, 6.45) is 2.72. The number of ether oxygens (including phenoxy) is 1. The largest absolute Gasteiger partial charge is 0.374 e. The van der Waals surface area contributed by atoms with Gasteiger partial charge in [0.1, 0.15) is 12.4 Å². The van der Waals surface area contributed by atoms with Gasteiger partial charge in [-0.15, -0.1) is 0 Å². The van der Waals surface area contributed by atoms with Crippen LogP contribution in [0.25, 0.3) is 0 Å². The predicted molar refractivity (Wildman–Crippen MR) is 97.8 cm³/mol. The zero-order valence-corrected chi connectivity index (χ0v) is 15.4. The number of aryl methyl sites for hydroxylation is 1. The molecule has 0 aromatic carbocycles. The molecule has 0 saturated carbocycles. The van der Waals surface area contributed by atoms with Crippen LogP contribution in [-0.2, 0) is 30.6 Å². The number of nitrogens with one attached hydrogen (secondary N) is 3. The summed E-state index contributed by atoms with van der Waals surface area (Å²) in [6.45, 7) is 9.21. The van der Waals surface area contributed by atoms with E-state index in [-0.39, 0.29) is 6.04 Å². The maximum Gasteiger partial charge on any atom is 0.156 e. The number of rotatable bonds is 7. The number of nitrogens with zero attached hydrogens (tertiary/aromatic N) is 3. The number of aromatic amines is 1. The third-order valence-corrected chi connectivity index (χ3v) is 4.32. The van der Waals surface area contributed by atoms with E-state index in [0.29, 0.717) is 13.2 Å². The number of fused-ring (bicyclic) bond motifs is 1. The van der Waals surface area contributed by atoms with Crippen molar-refractivity contribution in [3.63, 3.8) is 0 Å². The lowest BCUT2D eigenvalue weighted by Crippen LogP contribution is -2.22. The number of anilines is 1. The molecule has 1 aliphatic rings. The van der Waals surface area contributed by atoms with Gasteiger partial charge in [0.25, 0.3) is 0 Å². The molecule has 0 aliphatic carbocycles. The molecule has 25 heavy (non-hydrogen) atoms. The third kappa shape index (κ3) is 4.76. The Kier molecular flexibility index (Phi) is 5.99. The van der Waals surface area contributed by atoms with Gasteiger partial charge in [0.15, 0.2) is 5.82 Å². The molecule has 1 unspecified atom stereocenters. The van der Waals surface area contributed by atoms with Crippen LogP contribution < -0.4 is 10.6 Å². The normalized spacial score (nSPS) is 15.5. The Morgan fingerprint density at radius 1 is 1.28 bits per heavy atom. The summed E-state index contributed by atoms with van der Waals surface area (Å²) in [4.78, 5) is 9.48. The van der Waals surface area contributed by atoms with Crippen LogP contribution in [-0.4, -0.2) is 45.9 Å². The minimum Gasteiger partial charge on any atom is -0.374 e. The lowest BCUT2D eigenvalue weighted by atomic mass is 10.1. The van der Waals surface area contributed by atoms with Crippen LogP contribution in [0.1, 0.15) is 42.3 Å². The molecule has 0 saturated heterocycles. The number of aromatic nitrogens is 4. The monoisotopic (exact) mass is 344 g/mol. The average molecular weight is 344 g/mol. The summed E-state index contributed by atoms with van der Waals surface area (Å²) in [6, 6.07) is 2.32. The molecule has 0 fully saturated rings. The second-order valence-electron chi connectivity index (χ2n) is 6.59. The Morgan fingerprint density at radius 2 is 2.12 bits per heavy atom. The Balaban J connectivity index is 1.79. The first-order valence-electron chi connectivity index (χ1n) is 9.10. The summed E-state index contributed by atoms with van der Waals surface area (Å²) < 4.78 is 5.52. The predicted octanol–water partition coefficient (Wildman–Crippen LogP) is 1.78. The topological polar surface area (TPSA) is 87.8 Å². The van der Waals surface area contributed by atoms with Gasteiger partial charge in [-0.1, -0.05) is 0 Å². The minimum absolute atomic E-state index is 0.234. The van der Waals surface area contributed by atoms with E-state index in [1.54, 1.807) is 0 Å². The first-order chi connectivity index (χ1) is 12.2. The van der Waals surface area contributed by atoms with Gasteiger partial charge >= 0.3 is 0 Å². The molecule has 0 bridgehead atoms.